The van der Waals surface area contributed by atoms with Gasteiger partial charge in [0.25, 0.3) is 0 Å². The third-order valence-electron chi connectivity index (χ3n) is 2.76. The van der Waals surface area contributed by atoms with Gasteiger partial charge in [-0.2, -0.15) is 0 Å². The molecule has 0 saturated heterocycles. The number of anilines is 1. The summed E-state index contributed by atoms with van der Waals surface area (Å²) in [6.45, 7) is 7.29. The molecule has 0 heterocycles. The zero-order valence-electron chi connectivity index (χ0n) is 11.8. The fraction of sp³-hybridized carbons (Fsp3) is 0.571. The summed E-state index contributed by atoms with van der Waals surface area (Å²) < 4.78 is 5.30. The topological polar surface area (TPSA) is 64.4 Å². The molecular formula is C14H22N2O3. The van der Waals surface area contributed by atoms with Gasteiger partial charge in [0.2, 0.25) is 0 Å². The largest absolute Gasteiger partial charge is 0.487 e. The Morgan fingerprint density at radius 3 is 2.74 bits per heavy atom. The molecule has 0 aliphatic heterocycles. The Labute approximate surface area is 114 Å². The van der Waals surface area contributed by atoms with Crippen molar-refractivity contribution in [3.05, 3.63) is 28.3 Å². The first kappa shape index (κ1) is 15.3. The maximum absolute atomic E-state index is 11.1. The van der Waals surface area contributed by atoms with Crippen molar-refractivity contribution in [2.75, 3.05) is 18.5 Å². The van der Waals surface area contributed by atoms with E-state index in [1.165, 1.54) is 0 Å². The average molecular weight is 266 g/mol. The number of nitrogens with zero attached hydrogens (tertiary/aromatic N) is 1. The van der Waals surface area contributed by atoms with Gasteiger partial charge in [0.1, 0.15) is 5.69 Å². The Hall–Kier alpha value is -1.78. The van der Waals surface area contributed by atoms with Crippen molar-refractivity contribution < 1.29 is 9.66 Å². The minimum atomic E-state index is -0.393. The van der Waals surface area contributed by atoms with Crippen molar-refractivity contribution in [2.45, 2.75) is 33.6 Å². The average Bonchev–Trinajstić information content (AvgIpc) is 2.34. The molecular weight excluding hydrogens is 244 g/mol. The van der Waals surface area contributed by atoms with Gasteiger partial charge in [-0.25, -0.2) is 0 Å². The molecule has 1 aromatic rings. The molecule has 0 aromatic heterocycles. The summed E-state index contributed by atoms with van der Waals surface area (Å²) in [6, 6.07) is 5.11. The molecule has 0 atom stereocenters. The Kier molecular flexibility index (Phi) is 6.12. The molecule has 1 aromatic carbocycles. The van der Waals surface area contributed by atoms with Crippen LogP contribution in [0.15, 0.2) is 18.2 Å². The number of rotatable bonds is 8. The molecule has 0 unspecified atom stereocenters. The molecule has 0 bridgehead atoms. The van der Waals surface area contributed by atoms with Crippen molar-refractivity contribution >= 4 is 11.4 Å². The lowest BCUT2D eigenvalue weighted by Gasteiger charge is -2.11. The maximum Gasteiger partial charge on any atom is 0.333 e. The van der Waals surface area contributed by atoms with Crippen LogP contribution in [0.1, 0.15) is 33.6 Å². The number of ether oxygens (including phenoxy) is 1. The first-order valence-electron chi connectivity index (χ1n) is 6.70. The van der Waals surface area contributed by atoms with Crippen LogP contribution in [0.3, 0.4) is 0 Å². The van der Waals surface area contributed by atoms with Crippen LogP contribution in [0.2, 0.25) is 0 Å². The summed E-state index contributed by atoms with van der Waals surface area (Å²) in [6.07, 6.45) is 2.10. The molecule has 5 heteroatoms. The second-order valence-electron chi connectivity index (χ2n) is 4.81. The first-order valence-corrected chi connectivity index (χ1v) is 6.70. The molecule has 0 amide bonds. The quantitative estimate of drug-likeness (QED) is 0.441. The van der Waals surface area contributed by atoms with E-state index in [0.29, 0.717) is 24.0 Å². The number of nitro benzene ring substituents is 1. The van der Waals surface area contributed by atoms with Gasteiger partial charge in [-0.15, -0.1) is 0 Å². The number of para-hydroxylation sites is 1. The minimum Gasteiger partial charge on any atom is -0.487 e. The molecule has 5 nitrogen and oxygen atoms in total. The van der Waals surface area contributed by atoms with Crippen molar-refractivity contribution in [1.29, 1.82) is 0 Å². The Morgan fingerprint density at radius 2 is 2.16 bits per heavy atom. The van der Waals surface area contributed by atoms with E-state index in [1.807, 2.05) is 6.92 Å². The fourth-order valence-corrected chi connectivity index (χ4v) is 1.86. The highest BCUT2D eigenvalue weighted by molar-refractivity contribution is 5.68. The molecule has 1 rings (SSSR count). The zero-order valence-corrected chi connectivity index (χ0v) is 11.8. The van der Waals surface area contributed by atoms with Crippen LogP contribution in [0.25, 0.3) is 0 Å². The van der Waals surface area contributed by atoms with Crippen molar-refractivity contribution in [2.24, 2.45) is 5.92 Å². The number of nitrogens with one attached hydrogen (secondary N) is 1. The minimum absolute atomic E-state index is 0.0221. The molecule has 0 aliphatic rings. The lowest BCUT2D eigenvalue weighted by atomic mass is 10.1. The van der Waals surface area contributed by atoms with E-state index < -0.39 is 4.92 Å². The van der Waals surface area contributed by atoms with Crippen LogP contribution in [-0.4, -0.2) is 18.1 Å². The molecule has 19 heavy (non-hydrogen) atoms. The Morgan fingerprint density at radius 1 is 1.42 bits per heavy atom. The van der Waals surface area contributed by atoms with Crippen LogP contribution < -0.4 is 10.1 Å². The number of nitro groups is 1. The van der Waals surface area contributed by atoms with Crippen LogP contribution >= 0.6 is 0 Å². The van der Waals surface area contributed by atoms with Crippen LogP contribution in [0.4, 0.5) is 11.4 Å². The molecule has 0 fully saturated rings. The standard InChI is InChI=1S/C14H22N2O3/c1-4-19-13-9-5-8-12(14(13)16(17)18)15-10-6-7-11(2)3/h5,8-9,11,15H,4,6-7,10H2,1-3H3. The van der Waals surface area contributed by atoms with Gasteiger partial charge in [-0.3, -0.25) is 10.1 Å². The number of benzene rings is 1. The predicted octanol–water partition coefficient (Wildman–Crippen LogP) is 3.84. The van der Waals surface area contributed by atoms with E-state index >= 15 is 0 Å². The molecule has 0 aliphatic carbocycles. The lowest BCUT2D eigenvalue weighted by Crippen LogP contribution is -2.07. The highest BCUT2D eigenvalue weighted by Crippen LogP contribution is 2.34. The van der Waals surface area contributed by atoms with E-state index in [1.54, 1.807) is 18.2 Å². The molecule has 0 spiro atoms. The first-order chi connectivity index (χ1) is 9.06. The van der Waals surface area contributed by atoms with Crippen LogP contribution in [0.5, 0.6) is 5.75 Å². The lowest BCUT2D eigenvalue weighted by molar-refractivity contribution is -0.384. The molecule has 1 N–H and O–H groups in total. The predicted molar refractivity (Wildman–Crippen MR) is 76.8 cm³/mol. The van der Waals surface area contributed by atoms with Gasteiger partial charge in [-0.1, -0.05) is 19.9 Å². The third kappa shape index (κ3) is 4.77. The van der Waals surface area contributed by atoms with E-state index in [2.05, 4.69) is 19.2 Å². The monoisotopic (exact) mass is 266 g/mol. The normalized spacial score (nSPS) is 10.5. The second kappa shape index (κ2) is 7.61. The highest BCUT2D eigenvalue weighted by atomic mass is 16.6. The van der Waals surface area contributed by atoms with Gasteiger partial charge in [-0.05, 0) is 37.8 Å². The summed E-state index contributed by atoms with van der Waals surface area (Å²) in [5.41, 5.74) is 0.550. The highest BCUT2D eigenvalue weighted by Gasteiger charge is 2.20. The van der Waals surface area contributed by atoms with Gasteiger partial charge in [0.15, 0.2) is 5.75 Å². The van der Waals surface area contributed by atoms with E-state index in [9.17, 15) is 10.1 Å². The fourth-order valence-electron chi connectivity index (χ4n) is 1.86. The van der Waals surface area contributed by atoms with Gasteiger partial charge >= 0.3 is 5.69 Å². The number of hydrogen-bond donors (Lipinski definition) is 1. The molecule has 106 valence electrons. The Bertz CT molecular complexity index is 419. The SMILES string of the molecule is CCOc1cccc(NCCCC(C)C)c1[N+](=O)[O-]. The third-order valence-corrected chi connectivity index (χ3v) is 2.76. The number of hydrogen-bond acceptors (Lipinski definition) is 4. The van der Waals surface area contributed by atoms with Crippen molar-refractivity contribution in [3.63, 3.8) is 0 Å². The second-order valence-corrected chi connectivity index (χ2v) is 4.81. The van der Waals surface area contributed by atoms with Crippen LogP contribution in [0, 0.1) is 16.0 Å². The molecule has 0 saturated carbocycles. The summed E-state index contributed by atoms with van der Waals surface area (Å²) >= 11 is 0. The van der Waals surface area contributed by atoms with Gasteiger partial charge in [0, 0.05) is 6.54 Å². The smallest absolute Gasteiger partial charge is 0.333 e. The van der Waals surface area contributed by atoms with Crippen molar-refractivity contribution in [1.82, 2.24) is 0 Å². The van der Waals surface area contributed by atoms with Crippen molar-refractivity contribution in [3.8, 4) is 5.75 Å². The zero-order chi connectivity index (χ0) is 14.3. The summed E-state index contributed by atoms with van der Waals surface area (Å²) in [5.74, 6) is 0.966. The van der Waals surface area contributed by atoms with E-state index in [4.69, 9.17) is 4.74 Å². The summed E-state index contributed by atoms with van der Waals surface area (Å²) in [7, 11) is 0. The maximum atomic E-state index is 11.1. The van der Waals surface area contributed by atoms with Crippen LogP contribution in [-0.2, 0) is 0 Å². The van der Waals surface area contributed by atoms with Gasteiger partial charge < -0.3 is 10.1 Å². The van der Waals surface area contributed by atoms with Gasteiger partial charge in [0.05, 0.1) is 11.5 Å². The molecule has 0 radical (unpaired) electrons. The summed E-state index contributed by atoms with van der Waals surface area (Å²) in [5, 5.41) is 14.3. The van der Waals surface area contributed by atoms with E-state index in [-0.39, 0.29) is 5.69 Å². The Balaban J connectivity index is 2.76. The van der Waals surface area contributed by atoms with E-state index in [0.717, 1.165) is 19.4 Å². The summed E-state index contributed by atoms with van der Waals surface area (Å²) in [4.78, 5) is 10.8.